The number of phenolic OH excluding ortho intramolecular Hbond substituents is 2. The van der Waals surface area contributed by atoms with Crippen LogP contribution in [0.2, 0.25) is 0 Å². The molecule has 30 heavy (non-hydrogen) atoms. The number of fused-ring (bicyclic) bond motifs is 2. The summed E-state index contributed by atoms with van der Waals surface area (Å²) >= 11 is 0. The van der Waals surface area contributed by atoms with Crippen molar-refractivity contribution < 1.29 is 10.2 Å². The zero-order valence-electron chi connectivity index (χ0n) is 16.4. The summed E-state index contributed by atoms with van der Waals surface area (Å²) in [5.74, 6) is 0.557. The lowest BCUT2D eigenvalue weighted by atomic mass is 10.0. The van der Waals surface area contributed by atoms with Crippen LogP contribution in [0.15, 0.2) is 72.8 Å². The summed E-state index contributed by atoms with van der Waals surface area (Å²) in [5.41, 5.74) is 1.95. The minimum absolute atomic E-state index is 0.278. The monoisotopic (exact) mass is 394 g/mol. The van der Waals surface area contributed by atoms with Gasteiger partial charge >= 0.3 is 0 Å². The molecule has 0 fully saturated rings. The van der Waals surface area contributed by atoms with Gasteiger partial charge in [0.25, 0.3) is 24.9 Å². The Labute approximate surface area is 174 Å². The number of unbranched alkanes of at least 4 members (excludes halogenated alkanes) is 1. The maximum atomic E-state index is 9.96. The van der Waals surface area contributed by atoms with Crippen LogP contribution in [0.3, 0.4) is 0 Å². The van der Waals surface area contributed by atoms with E-state index >= 15 is 0 Å². The Morgan fingerprint density at radius 2 is 0.933 bits per heavy atom. The molecule has 0 aliphatic carbocycles. The van der Waals surface area contributed by atoms with Crippen molar-refractivity contribution in [2.75, 3.05) is 0 Å². The molecule has 0 amide bonds. The van der Waals surface area contributed by atoms with Gasteiger partial charge in [0, 0.05) is 10.8 Å². The largest absolute Gasteiger partial charge is 0.507 e. The van der Waals surface area contributed by atoms with E-state index in [2.05, 4.69) is 9.34 Å². The molecule has 0 atom stereocenters. The molecule has 0 aliphatic heterocycles. The maximum absolute atomic E-state index is 9.96. The van der Waals surface area contributed by atoms with E-state index in [9.17, 15) is 10.2 Å². The van der Waals surface area contributed by atoms with Crippen LogP contribution in [0.25, 0.3) is 21.5 Å². The maximum Gasteiger partial charge on any atom is 0.299 e. The van der Waals surface area contributed by atoms with E-state index in [0.29, 0.717) is 0 Å². The lowest BCUT2D eigenvalue weighted by Gasteiger charge is -2.00. The van der Waals surface area contributed by atoms with Gasteiger partial charge in [-0.15, -0.1) is 9.34 Å². The highest BCUT2D eigenvalue weighted by atomic mass is 16.3. The zero-order valence-corrected chi connectivity index (χ0v) is 16.4. The van der Waals surface area contributed by atoms with Crippen molar-refractivity contribution in [3.8, 4) is 11.5 Å². The molecule has 0 bridgehead atoms. The van der Waals surface area contributed by atoms with E-state index in [1.54, 1.807) is 12.1 Å². The van der Waals surface area contributed by atoms with Crippen molar-refractivity contribution in [2.24, 2.45) is 0 Å². The summed E-state index contributed by atoms with van der Waals surface area (Å²) in [5, 5.41) is 23.5. The van der Waals surface area contributed by atoms with E-state index in [0.717, 1.165) is 45.5 Å². The van der Waals surface area contributed by atoms with E-state index in [-0.39, 0.29) is 11.5 Å². The molecule has 4 rings (SSSR count). The van der Waals surface area contributed by atoms with Crippen LogP contribution in [-0.2, 0) is 0 Å². The number of hydrogen-bond donors (Lipinski definition) is 2. The van der Waals surface area contributed by atoms with Crippen molar-refractivity contribution in [2.45, 2.75) is 12.8 Å². The first kappa shape index (κ1) is 19.2. The topological polar surface area (TPSA) is 68.7 Å². The van der Waals surface area contributed by atoms with Crippen molar-refractivity contribution in [1.82, 2.24) is 9.34 Å². The number of nitrogens with zero attached hydrogens (tertiary/aromatic N) is 2. The Morgan fingerprint density at radius 1 is 0.533 bits per heavy atom. The lowest BCUT2D eigenvalue weighted by Crippen LogP contribution is -1.92. The summed E-state index contributed by atoms with van der Waals surface area (Å²) in [6.45, 7) is 0. The second-order valence-electron chi connectivity index (χ2n) is 6.94. The number of aromatic hydroxyl groups is 2. The van der Waals surface area contributed by atoms with Crippen LogP contribution in [0.4, 0.5) is 0 Å². The fraction of sp³-hybridized carbons (Fsp3) is 0.0769. The minimum Gasteiger partial charge on any atom is -0.507 e. The molecule has 4 aromatic rings. The van der Waals surface area contributed by atoms with Crippen molar-refractivity contribution in [3.63, 3.8) is 0 Å². The predicted molar refractivity (Wildman–Crippen MR) is 127 cm³/mol. The van der Waals surface area contributed by atoms with Crippen molar-refractivity contribution in [1.29, 1.82) is 0 Å². The molecule has 0 radical (unpaired) electrons. The van der Waals surface area contributed by atoms with Gasteiger partial charge in [-0.2, -0.15) is 0 Å². The Morgan fingerprint density at radius 3 is 1.37 bits per heavy atom. The Balaban J connectivity index is 1.42. The van der Waals surface area contributed by atoms with Crippen LogP contribution in [-0.4, -0.2) is 35.1 Å². The molecule has 0 spiro atoms. The van der Waals surface area contributed by atoms with Gasteiger partial charge in [-0.1, -0.05) is 48.5 Å². The molecule has 0 aromatic heterocycles. The SMILES string of the molecule is Oc1ccc(C=[N+]=CCCC=[N+]=Cc2ccc(O)c3ccccc23)c2ccccc12. The molecule has 4 nitrogen and oxygen atoms in total. The molecule has 0 unspecified atom stereocenters. The van der Waals surface area contributed by atoms with Crippen LogP contribution in [0, 0.1) is 0 Å². The molecule has 146 valence electrons. The molecule has 2 N–H and O–H groups in total. The third kappa shape index (κ3) is 4.16. The Kier molecular flexibility index (Phi) is 5.73. The summed E-state index contributed by atoms with van der Waals surface area (Å²) < 4.78 is 8.79. The van der Waals surface area contributed by atoms with Gasteiger partial charge in [0.1, 0.15) is 11.5 Å². The van der Waals surface area contributed by atoms with E-state index < -0.39 is 0 Å². The predicted octanol–water partition coefficient (Wildman–Crippen LogP) is 4.00. The van der Waals surface area contributed by atoms with Crippen LogP contribution in [0.1, 0.15) is 24.0 Å². The standard InChI is InChI=1S/C26H20N2O2/c29-25-13-11-19(21-7-1-3-9-23(21)25)17-27-15-5-6-16-28-18-20-12-14-26(30)24-10-4-2-8-22(20)24/h1-4,7-18H,5-6H2/p+2. The first-order valence-corrected chi connectivity index (χ1v) is 9.85. The second-order valence-corrected chi connectivity index (χ2v) is 6.94. The smallest absolute Gasteiger partial charge is 0.299 e. The zero-order chi connectivity index (χ0) is 20.8. The van der Waals surface area contributed by atoms with Gasteiger partial charge in [0.2, 0.25) is 0 Å². The number of phenols is 2. The molecule has 0 saturated heterocycles. The minimum atomic E-state index is 0.278. The van der Waals surface area contributed by atoms with Crippen LogP contribution in [0.5, 0.6) is 11.5 Å². The highest BCUT2D eigenvalue weighted by Crippen LogP contribution is 2.27. The summed E-state index contributed by atoms with van der Waals surface area (Å²) in [6.07, 6.45) is 8.91. The highest BCUT2D eigenvalue weighted by Gasteiger charge is 2.06. The van der Waals surface area contributed by atoms with Gasteiger partial charge in [-0.05, 0) is 35.0 Å². The van der Waals surface area contributed by atoms with Crippen LogP contribution < -0.4 is 9.34 Å². The average molecular weight is 394 g/mol. The normalized spacial score (nSPS) is 10.3. The first-order valence-electron chi connectivity index (χ1n) is 9.85. The third-order valence-electron chi connectivity index (χ3n) is 4.93. The van der Waals surface area contributed by atoms with Gasteiger partial charge in [0.05, 0.1) is 24.0 Å². The van der Waals surface area contributed by atoms with Gasteiger partial charge in [-0.3, -0.25) is 0 Å². The van der Waals surface area contributed by atoms with E-state index in [1.807, 2.05) is 85.5 Å². The lowest BCUT2D eigenvalue weighted by molar-refractivity contribution is 0.481. The summed E-state index contributed by atoms with van der Waals surface area (Å²) in [7, 11) is 0. The van der Waals surface area contributed by atoms with Crippen LogP contribution >= 0.6 is 0 Å². The summed E-state index contributed by atoms with van der Waals surface area (Å²) in [4.78, 5) is 0. The van der Waals surface area contributed by atoms with Gasteiger partial charge in [0.15, 0.2) is 0 Å². The van der Waals surface area contributed by atoms with Crippen molar-refractivity contribution in [3.05, 3.63) is 83.9 Å². The Hall–Kier alpha value is -4.10. The van der Waals surface area contributed by atoms with Gasteiger partial charge in [-0.25, -0.2) is 0 Å². The molecule has 0 heterocycles. The van der Waals surface area contributed by atoms with Gasteiger partial charge < -0.3 is 10.2 Å². The summed E-state index contributed by atoms with van der Waals surface area (Å²) in [6, 6.07) is 22.6. The molecule has 0 saturated carbocycles. The van der Waals surface area contributed by atoms with E-state index in [1.165, 1.54) is 0 Å². The first-order chi connectivity index (χ1) is 14.7. The highest BCUT2D eigenvalue weighted by molar-refractivity contribution is 6.03. The second kappa shape index (κ2) is 8.93. The molecular weight excluding hydrogens is 372 g/mol. The van der Waals surface area contributed by atoms with Crippen molar-refractivity contribution >= 4 is 46.4 Å². The fourth-order valence-electron chi connectivity index (χ4n) is 3.40. The fourth-order valence-corrected chi connectivity index (χ4v) is 3.40. The molecule has 4 heteroatoms. The number of benzene rings is 4. The Bertz CT molecular complexity index is 1240. The quantitative estimate of drug-likeness (QED) is 0.305. The third-order valence-corrected chi connectivity index (χ3v) is 4.93. The molecular formula is C26H22N2O2+2. The number of hydrogen-bond acceptors (Lipinski definition) is 2. The molecule has 0 aliphatic rings. The van der Waals surface area contributed by atoms with E-state index in [4.69, 9.17) is 0 Å². The molecule has 4 aromatic carbocycles. The number of rotatable bonds is 5. The average Bonchev–Trinajstić information content (AvgIpc) is 2.78.